The lowest BCUT2D eigenvalue weighted by Crippen LogP contribution is -2.26. The summed E-state index contributed by atoms with van der Waals surface area (Å²) in [5.41, 5.74) is 2.05. The first-order chi connectivity index (χ1) is 9.28. The number of aliphatic hydroxyl groups is 1. The quantitative estimate of drug-likeness (QED) is 0.879. The fraction of sp³-hybridized carbons (Fsp3) is 0.286. The van der Waals surface area contributed by atoms with E-state index < -0.39 is 0 Å². The minimum atomic E-state index is 0.119. The van der Waals surface area contributed by atoms with Crippen LogP contribution in [0.25, 0.3) is 0 Å². The Kier molecular flexibility index (Phi) is 5.27. The van der Waals surface area contributed by atoms with Gasteiger partial charge in [0, 0.05) is 19.6 Å². The molecule has 1 aromatic carbocycles. The summed E-state index contributed by atoms with van der Waals surface area (Å²) in [5, 5.41) is 17.4. The molecule has 5 heteroatoms. The zero-order valence-corrected chi connectivity index (χ0v) is 11.3. The molecule has 0 spiro atoms. The van der Waals surface area contributed by atoms with Gasteiger partial charge < -0.3 is 5.11 Å². The van der Waals surface area contributed by atoms with Crippen molar-refractivity contribution in [2.75, 3.05) is 13.2 Å². The molecule has 4 nitrogen and oxygen atoms in total. The van der Waals surface area contributed by atoms with Crippen LogP contribution in [0.4, 0.5) is 0 Å². The summed E-state index contributed by atoms with van der Waals surface area (Å²) in [6, 6.07) is 13.7. The summed E-state index contributed by atoms with van der Waals surface area (Å²) in [4.78, 5) is 2.12. The summed E-state index contributed by atoms with van der Waals surface area (Å²) in [5.74, 6) is 0. The highest BCUT2D eigenvalue weighted by Gasteiger charge is 2.07. The summed E-state index contributed by atoms with van der Waals surface area (Å²) in [7, 11) is 0. The molecule has 0 radical (unpaired) electrons. The van der Waals surface area contributed by atoms with Crippen molar-refractivity contribution in [2.45, 2.75) is 13.1 Å². The Morgan fingerprint density at radius 2 is 1.79 bits per heavy atom. The zero-order valence-electron chi connectivity index (χ0n) is 10.5. The van der Waals surface area contributed by atoms with Gasteiger partial charge in [-0.3, -0.25) is 4.90 Å². The maximum atomic E-state index is 9.14. The molecule has 2 rings (SSSR count). The molecule has 0 bridgehead atoms. The number of hydrogen-bond acceptors (Lipinski definition) is 4. The SMILES string of the molecule is OCCN(Cc1ccccc1)Cc1ccc(Cl)nn1. The fourth-order valence-corrected chi connectivity index (χ4v) is 1.95. The molecule has 19 heavy (non-hydrogen) atoms. The van der Waals surface area contributed by atoms with Crippen molar-refractivity contribution in [1.29, 1.82) is 0 Å². The highest BCUT2D eigenvalue weighted by Crippen LogP contribution is 2.09. The highest BCUT2D eigenvalue weighted by molar-refractivity contribution is 6.29. The molecule has 0 aliphatic rings. The summed E-state index contributed by atoms with van der Waals surface area (Å²) >= 11 is 5.71. The molecule has 0 aliphatic carbocycles. The van der Waals surface area contributed by atoms with Gasteiger partial charge in [0.25, 0.3) is 0 Å². The van der Waals surface area contributed by atoms with Crippen LogP contribution >= 0.6 is 11.6 Å². The van der Waals surface area contributed by atoms with E-state index >= 15 is 0 Å². The standard InChI is InChI=1S/C14H16ClN3O/c15-14-7-6-13(16-17-14)11-18(8-9-19)10-12-4-2-1-3-5-12/h1-7,19H,8-11H2. The molecular formula is C14H16ClN3O. The molecule has 0 saturated heterocycles. The van der Waals surface area contributed by atoms with E-state index in [4.69, 9.17) is 16.7 Å². The van der Waals surface area contributed by atoms with E-state index in [0.29, 0.717) is 18.2 Å². The predicted molar refractivity (Wildman–Crippen MR) is 74.7 cm³/mol. The van der Waals surface area contributed by atoms with Gasteiger partial charge in [-0.15, -0.1) is 5.10 Å². The molecule has 1 heterocycles. The van der Waals surface area contributed by atoms with Crippen LogP contribution in [0.2, 0.25) is 5.15 Å². The van der Waals surface area contributed by atoms with Crippen LogP contribution in [0.3, 0.4) is 0 Å². The molecule has 100 valence electrons. The number of rotatable bonds is 6. The third-order valence-corrected chi connectivity index (χ3v) is 2.94. The van der Waals surface area contributed by atoms with E-state index in [1.165, 1.54) is 5.56 Å². The first kappa shape index (κ1) is 13.9. The molecule has 2 aromatic rings. The van der Waals surface area contributed by atoms with Gasteiger partial charge in [-0.05, 0) is 17.7 Å². The van der Waals surface area contributed by atoms with Crippen molar-refractivity contribution in [3.8, 4) is 0 Å². The molecule has 0 unspecified atom stereocenters. The second kappa shape index (κ2) is 7.19. The summed E-state index contributed by atoms with van der Waals surface area (Å²) in [6.45, 7) is 2.12. The number of halogens is 1. The summed E-state index contributed by atoms with van der Waals surface area (Å²) < 4.78 is 0. The normalized spacial score (nSPS) is 10.9. The largest absolute Gasteiger partial charge is 0.395 e. The first-order valence-electron chi connectivity index (χ1n) is 6.13. The van der Waals surface area contributed by atoms with Gasteiger partial charge >= 0.3 is 0 Å². The van der Waals surface area contributed by atoms with Gasteiger partial charge in [0.05, 0.1) is 12.3 Å². The van der Waals surface area contributed by atoms with Crippen LogP contribution in [0, 0.1) is 0 Å². The lowest BCUT2D eigenvalue weighted by atomic mass is 10.2. The van der Waals surface area contributed by atoms with Gasteiger partial charge in [-0.2, -0.15) is 5.10 Å². The van der Waals surface area contributed by atoms with Gasteiger partial charge in [-0.1, -0.05) is 41.9 Å². The van der Waals surface area contributed by atoms with Crippen LogP contribution in [0.1, 0.15) is 11.3 Å². The third-order valence-electron chi connectivity index (χ3n) is 2.74. The van der Waals surface area contributed by atoms with Gasteiger partial charge in [-0.25, -0.2) is 0 Å². The predicted octanol–water partition coefficient (Wildman–Crippen LogP) is 2.12. The molecule has 1 aromatic heterocycles. The Hall–Kier alpha value is -1.49. The van der Waals surface area contributed by atoms with Gasteiger partial charge in [0.2, 0.25) is 0 Å². The lowest BCUT2D eigenvalue weighted by Gasteiger charge is -2.20. The number of aliphatic hydroxyl groups excluding tert-OH is 1. The Morgan fingerprint density at radius 1 is 1.00 bits per heavy atom. The first-order valence-corrected chi connectivity index (χ1v) is 6.51. The second-order valence-electron chi connectivity index (χ2n) is 4.27. The maximum absolute atomic E-state index is 9.14. The van der Waals surface area contributed by atoms with E-state index in [9.17, 15) is 0 Å². The molecule has 0 amide bonds. The van der Waals surface area contributed by atoms with Crippen molar-refractivity contribution in [3.05, 3.63) is 58.9 Å². The minimum Gasteiger partial charge on any atom is -0.395 e. The Bertz CT molecular complexity index is 490. The molecule has 0 fully saturated rings. The van der Waals surface area contributed by atoms with Crippen LogP contribution in [0.15, 0.2) is 42.5 Å². The number of benzene rings is 1. The maximum Gasteiger partial charge on any atom is 0.151 e. The lowest BCUT2D eigenvalue weighted by molar-refractivity contribution is 0.182. The van der Waals surface area contributed by atoms with Crippen LogP contribution in [0.5, 0.6) is 0 Å². The van der Waals surface area contributed by atoms with E-state index in [2.05, 4.69) is 27.2 Å². The highest BCUT2D eigenvalue weighted by atomic mass is 35.5. The van der Waals surface area contributed by atoms with E-state index in [0.717, 1.165) is 12.2 Å². The molecule has 0 saturated carbocycles. The third kappa shape index (κ3) is 4.59. The van der Waals surface area contributed by atoms with Crippen LogP contribution in [-0.4, -0.2) is 33.4 Å². The number of aromatic nitrogens is 2. The van der Waals surface area contributed by atoms with E-state index in [-0.39, 0.29) is 6.61 Å². The minimum absolute atomic E-state index is 0.119. The topological polar surface area (TPSA) is 49.2 Å². The van der Waals surface area contributed by atoms with Gasteiger partial charge in [0.1, 0.15) is 0 Å². The fourth-order valence-electron chi connectivity index (χ4n) is 1.85. The zero-order chi connectivity index (χ0) is 13.5. The second-order valence-corrected chi connectivity index (χ2v) is 4.65. The monoisotopic (exact) mass is 277 g/mol. The van der Waals surface area contributed by atoms with Gasteiger partial charge in [0.15, 0.2) is 5.15 Å². The van der Waals surface area contributed by atoms with E-state index in [1.807, 2.05) is 24.3 Å². The summed E-state index contributed by atoms with van der Waals surface area (Å²) in [6.07, 6.45) is 0. The van der Waals surface area contributed by atoms with Crippen molar-refractivity contribution in [3.63, 3.8) is 0 Å². The molecular weight excluding hydrogens is 262 g/mol. The molecule has 0 atom stereocenters. The van der Waals surface area contributed by atoms with E-state index in [1.54, 1.807) is 6.07 Å². The average Bonchev–Trinajstić information content (AvgIpc) is 2.43. The van der Waals surface area contributed by atoms with Crippen LogP contribution < -0.4 is 0 Å². The van der Waals surface area contributed by atoms with Crippen molar-refractivity contribution >= 4 is 11.6 Å². The smallest absolute Gasteiger partial charge is 0.151 e. The average molecular weight is 278 g/mol. The molecule has 0 aliphatic heterocycles. The van der Waals surface area contributed by atoms with Crippen LogP contribution in [-0.2, 0) is 13.1 Å². The van der Waals surface area contributed by atoms with Crippen molar-refractivity contribution in [1.82, 2.24) is 15.1 Å². The Balaban J connectivity index is 2.01. The van der Waals surface area contributed by atoms with Crippen molar-refractivity contribution < 1.29 is 5.11 Å². The number of nitrogens with zero attached hydrogens (tertiary/aromatic N) is 3. The number of hydrogen-bond donors (Lipinski definition) is 1. The van der Waals surface area contributed by atoms with Crippen molar-refractivity contribution in [2.24, 2.45) is 0 Å². The molecule has 1 N–H and O–H groups in total. The Labute approximate surface area is 117 Å². The Morgan fingerprint density at radius 3 is 2.42 bits per heavy atom.